The van der Waals surface area contributed by atoms with Crippen LogP contribution in [-0.2, 0) is 21.4 Å². The summed E-state index contributed by atoms with van der Waals surface area (Å²) < 4.78 is 37.9. The lowest BCUT2D eigenvalue weighted by Crippen LogP contribution is -2.41. The van der Waals surface area contributed by atoms with Gasteiger partial charge in [0.2, 0.25) is 15.9 Å². The average molecular weight is 436 g/mol. The van der Waals surface area contributed by atoms with Gasteiger partial charge < -0.3 is 10.4 Å². The van der Waals surface area contributed by atoms with Gasteiger partial charge in [0.05, 0.1) is 24.5 Å². The molecule has 0 aliphatic carbocycles. The van der Waals surface area contributed by atoms with Crippen LogP contribution < -0.4 is 10.0 Å². The van der Waals surface area contributed by atoms with E-state index in [4.69, 9.17) is 5.53 Å². The van der Waals surface area contributed by atoms with E-state index >= 15 is 0 Å². The maximum absolute atomic E-state index is 13.3. The molecule has 2 aromatic rings. The lowest BCUT2D eigenvalue weighted by atomic mass is 9.99. The van der Waals surface area contributed by atoms with Crippen molar-refractivity contribution in [3.8, 4) is 11.1 Å². The van der Waals surface area contributed by atoms with Crippen LogP contribution >= 0.6 is 0 Å². The molecule has 12 heteroatoms. The summed E-state index contributed by atoms with van der Waals surface area (Å²) in [5, 5.41) is 15.7. The molecule has 1 aromatic heterocycles. The van der Waals surface area contributed by atoms with Crippen LogP contribution in [0.25, 0.3) is 21.6 Å². The Labute approximate surface area is 172 Å². The van der Waals surface area contributed by atoms with Crippen molar-refractivity contribution in [3.05, 3.63) is 64.3 Å². The molecule has 0 spiro atoms. The van der Waals surface area contributed by atoms with Gasteiger partial charge in [0.25, 0.3) is 0 Å². The van der Waals surface area contributed by atoms with Crippen molar-refractivity contribution in [3.63, 3.8) is 0 Å². The summed E-state index contributed by atoms with van der Waals surface area (Å²) >= 11 is 0. The number of azide groups is 1. The van der Waals surface area contributed by atoms with Crippen molar-refractivity contribution in [1.82, 2.24) is 15.0 Å². The predicted molar refractivity (Wildman–Crippen MR) is 108 cm³/mol. The molecule has 1 aromatic carbocycles. The lowest BCUT2D eigenvalue weighted by molar-refractivity contribution is -0.121. The molecule has 0 saturated heterocycles. The first-order valence-corrected chi connectivity index (χ1v) is 10.7. The molecule has 0 bridgehead atoms. The zero-order valence-electron chi connectivity index (χ0n) is 16.1. The topological polar surface area (TPSA) is 157 Å². The van der Waals surface area contributed by atoms with Crippen LogP contribution in [0.2, 0.25) is 0 Å². The van der Waals surface area contributed by atoms with E-state index < -0.39 is 41.3 Å². The number of alkyl halides is 1. The highest BCUT2D eigenvalue weighted by Gasteiger charge is 2.22. The Morgan fingerprint density at radius 2 is 1.93 bits per heavy atom. The van der Waals surface area contributed by atoms with Crippen molar-refractivity contribution < 1.29 is 22.7 Å². The Morgan fingerprint density at radius 1 is 1.27 bits per heavy atom. The van der Waals surface area contributed by atoms with Gasteiger partial charge in [-0.05, 0) is 22.7 Å². The van der Waals surface area contributed by atoms with E-state index in [0.717, 1.165) is 17.4 Å². The number of pyridine rings is 1. The number of hydrogen-bond donors (Lipinski definition) is 3. The van der Waals surface area contributed by atoms with Gasteiger partial charge in [-0.15, -0.1) is 0 Å². The molecule has 2 rings (SSSR count). The summed E-state index contributed by atoms with van der Waals surface area (Å²) in [7, 11) is -3.31. The fourth-order valence-corrected chi connectivity index (χ4v) is 2.97. The van der Waals surface area contributed by atoms with Gasteiger partial charge in [0.15, 0.2) is 0 Å². The molecular formula is C18H21FN6O4S. The largest absolute Gasteiger partial charge is 0.386 e. The second-order valence-electron chi connectivity index (χ2n) is 6.42. The van der Waals surface area contributed by atoms with Gasteiger partial charge in [-0.3, -0.25) is 9.78 Å². The number of sulfonamides is 1. The van der Waals surface area contributed by atoms with Crippen LogP contribution in [0.5, 0.6) is 0 Å². The van der Waals surface area contributed by atoms with Crippen molar-refractivity contribution in [2.45, 2.75) is 18.7 Å². The number of hydrogen-bond acceptors (Lipinski definition) is 6. The smallest absolute Gasteiger partial charge is 0.226 e. The number of carbonyl (C=O) groups excluding carboxylic acids is 1. The Morgan fingerprint density at radius 3 is 2.47 bits per heavy atom. The number of rotatable bonds is 10. The number of nitrogens with one attached hydrogen (secondary N) is 2. The van der Waals surface area contributed by atoms with E-state index in [9.17, 15) is 22.7 Å². The minimum atomic E-state index is -3.31. The summed E-state index contributed by atoms with van der Waals surface area (Å²) in [6.45, 7) is -1.40. The number of benzene rings is 1. The van der Waals surface area contributed by atoms with Crippen LogP contribution in [0.4, 0.5) is 4.39 Å². The molecule has 160 valence electrons. The fourth-order valence-electron chi connectivity index (χ4n) is 2.56. The molecule has 1 amide bonds. The number of carbonyl (C=O) groups is 1. The molecule has 3 N–H and O–H groups in total. The van der Waals surface area contributed by atoms with Crippen LogP contribution in [0.15, 0.2) is 47.7 Å². The number of aliphatic hydroxyl groups is 1. The Bertz CT molecular complexity index is 1010. The van der Waals surface area contributed by atoms with E-state index in [2.05, 4.69) is 25.0 Å². The van der Waals surface area contributed by atoms with Gasteiger partial charge in [0, 0.05) is 16.7 Å². The zero-order valence-corrected chi connectivity index (χ0v) is 16.9. The average Bonchev–Trinajstić information content (AvgIpc) is 2.74. The van der Waals surface area contributed by atoms with Crippen molar-refractivity contribution in [1.29, 1.82) is 0 Å². The molecular weight excluding hydrogens is 415 g/mol. The number of aliphatic hydroxyl groups excluding tert-OH is 1. The van der Waals surface area contributed by atoms with Crippen molar-refractivity contribution in [2.24, 2.45) is 5.11 Å². The lowest BCUT2D eigenvalue weighted by Gasteiger charge is -2.21. The fraction of sp³-hybridized carbons (Fsp3) is 0.333. The maximum atomic E-state index is 13.3. The number of nitrogens with zero attached hydrogens (tertiary/aromatic N) is 4. The third-order valence-corrected chi connectivity index (χ3v) is 4.77. The van der Waals surface area contributed by atoms with E-state index in [1.807, 2.05) is 0 Å². The predicted octanol–water partition coefficient (Wildman–Crippen LogP) is 1.60. The van der Waals surface area contributed by atoms with Crippen LogP contribution in [0, 0.1) is 0 Å². The van der Waals surface area contributed by atoms with Gasteiger partial charge in [-0.1, -0.05) is 35.4 Å². The molecule has 10 nitrogen and oxygen atoms in total. The summed E-state index contributed by atoms with van der Waals surface area (Å²) in [5.74, 6) is -0.692. The van der Waals surface area contributed by atoms with Crippen LogP contribution in [0.1, 0.15) is 17.4 Å². The number of aromatic nitrogens is 1. The first-order valence-electron chi connectivity index (χ1n) is 8.77. The molecule has 1 heterocycles. The second kappa shape index (κ2) is 10.6. The first-order chi connectivity index (χ1) is 14.2. The van der Waals surface area contributed by atoms with Gasteiger partial charge in [-0.25, -0.2) is 17.5 Å². The SMILES string of the molecule is CS(=O)(=O)NCc1ccc(-c2ccc([C@H](O)[C@@H](CF)NC(=O)CN=[N+]=[N-])cc2)cn1. The highest BCUT2D eigenvalue weighted by molar-refractivity contribution is 7.88. The Balaban J connectivity index is 2.06. The first kappa shape index (κ1) is 23.2. The molecule has 0 radical (unpaired) electrons. The number of amides is 1. The van der Waals surface area contributed by atoms with E-state index in [-0.39, 0.29) is 6.54 Å². The second-order valence-corrected chi connectivity index (χ2v) is 8.25. The molecule has 0 aliphatic heterocycles. The zero-order chi connectivity index (χ0) is 22.1. The highest BCUT2D eigenvalue weighted by atomic mass is 32.2. The summed E-state index contributed by atoms with van der Waals surface area (Å²) in [6, 6.07) is 8.90. The Hall–Kier alpha value is -3.05. The quantitative estimate of drug-likeness (QED) is 0.293. The minimum absolute atomic E-state index is 0.0836. The summed E-state index contributed by atoms with van der Waals surface area (Å²) in [4.78, 5) is 18.2. The van der Waals surface area contributed by atoms with Crippen LogP contribution in [-0.4, -0.2) is 49.9 Å². The minimum Gasteiger partial charge on any atom is -0.386 e. The van der Waals surface area contributed by atoms with Gasteiger partial charge >= 0.3 is 0 Å². The third kappa shape index (κ3) is 7.08. The van der Waals surface area contributed by atoms with Gasteiger partial charge in [-0.2, -0.15) is 0 Å². The molecule has 30 heavy (non-hydrogen) atoms. The third-order valence-electron chi connectivity index (χ3n) is 4.10. The standard InChI is InChI=1S/C18H21FN6O4S/c1-30(28,29)23-10-15-7-6-14(9-21-15)12-2-4-13(5-3-12)18(27)16(8-19)24-17(26)11-22-25-20/h2-7,9,16,18,23,27H,8,10-11H2,1H3,(H,24,26)/t16-,18+/m1/s1. The Kier molecular flexibility index (Phi) is 8.25. The molecule has 0 fully saturated rings. The summed E-state index contributed by atoms with van der Waals surface area (Å²) in [5.41, 5.74) is 10.7. The summed E-state index contributed by atoms with van der Waals surface area (Å²) in [6.07, 6.45) is 1.36. The van der Waals surface area contributed by atoms with E-state index in [1.54, 1.807) is 42.6 Å². The molecule has 0 aliphatic rings. The van der Waals surface area contributed by atoms with Gasteiger partial charge in [0.1, 0.15) is 19.3 Å². The van der Waals surface area contributed by atoms with E-state index in [0.29, 0.717) is 11.3 Å². The van der Waals surface area contributed by atoms with Crippen LogP contribution in [0.3, 0.4) is 0 Å². The highest BCUT2D eigenvalue weighted by Crippen LogP contribution is 2.23. The van der Waals surface area contributed by atoms with Crippen molar-refractivity contribution in [2.75, 3.05) is 19.5 Å². The normalized spacial score (nSPS) is 13.2. The number of halogens is 1. The van der Waals surface area contributed by atoms with Crippen molar-refractivity contribution >= 4 is 15.9 Å². The monoisotopic (exact) mass is 436 g/mol. The maximum Gasteiger partial charge on any atom is 0.226 e. The van der Waals surface area contributed by atoms with E-state index in [1.165, 1.54) is 0 Å². The molecule has 0 saturated carbocycles. The molecule has 2 atom stereocenters. The molecule has 0 unspecified atom stereocenters.